The number of hydrogen-bond acceptors (Lipinski definition) is 3. The van der Waals surface area contributed by atoms with Gasteiger partial charge in [-0.3, -0.25) is 0 Å². The highest BCUT2D eigenvalue weighted by molar-refractivity contribution is 7.99. The second kappa shape index (κ2) is 7.46. The summed E-state index contributed by atoms with van der Waals surface area (Å²) in [6.07, 6.45) is 0. The van der Waals surface area contributed by atoms with Crippen LogP contribution in [-0.4, -0.2) is 20.7 Å². The predicted molar refractivity (Wildman–Crippen MR) is 88.5 cm³/mol. The van der Waals surface area contributed by atoms with Crippen LogP contribution in [0.2, 0.25) is 5.02 Å². The topological polar surface area (TPSA) is 46.2 Å². The van der Waals surface area contributed by atoms with E-state index in [0.29, 0.717) is 16.3 Å². The van der Waals surface area contributed by atoms with Crippen molar-refractivity contribution in [1.82, 2.24) is 4.72 Å². The number of sulfonamides is 1. The van der Waals surface area contributed by atoms with Crippen LogP contribution in [0.5, 0.6) is 0 Å². The highest BCUT2D eigenvalue weighted by atomic mass is 35.5. The maximum absolute atomic E-state index is 13.2. The van der Waals surface area contributed by atoms with Crippen LogP contribution in [0.4, 0.5) is 4.39 Å². The smallest absolute Gasteiger partial charge is 0.210 e. The molecule has 22 heavy (non-hydrogen) atoms. The molecule has 0 atom stereocenters. The Morgan fingerprint density at radius 2 is 1.86 bits per heavy atom. The number of aryl methyl sites for hydroxylation is 1. The van der Waals surface area contributed by atoms with Gasteiger partial charge in [-0.15, -0.1) is 11.8 Å². The van der Waals surface area contributed by atoms with Gasteiger partial charge in [-0.05, 0) is 55.0 Å². The van der Waals surface area contributed by atoms with Gasteiger partial charge in [-0.25, -0.2) is 17.5 Å². The lowest BCUT2D eigenvalue weighted by atomic mass is 10.2. The van der Waals surface area contributed by atoms with Crippen molar-refractivity contribution < 1.29 is 12.8 Å². The summed E-state index contributed by atoms with van der Waals surface area (Å²) in [5.41, 5.74) is 0.304. The van der Waals surface area contributed by atoms with Gasteiger partial charge in [0.05, 0.1) is 4.90 Å². The lowest BCUT2D eigenvalue weighted by Crippen LogP contribution is -2.26. The molecule has 0 fully saturated rings. The standard InChI is InChI=1S/C15H15ClFNO2S2/c1-11-10-14(6-7-15(11)17)22(19,20)18-8-9-21-13-4-2-12(16)3-5-13/h2-7,10,18H,8-9H2,1H3. The number of rotatable bonds is 6. The largest absolute Gasteiger partial charge is 0.240 e. The van der Waals surface area contributed by atoms with Gasteiger partial charge in [0.2, 0.25) is 10.0 Å². The Balaban J connectivity index is 1.89. The van der Waals surface area contributed by atoms with E-state index in [4.69, 9.17) is 11.6 Å². The number of benzene rings is 2. The minimum Gasteiger partial charge on any atom is -0.210 e. The van der Waals surface area contributed by atoms with Gasteiger partial charge < -0.3 is 0 Å². The molecule has 0 aliphatic rings. The Bertz CT molecular complexity index is 749. The van der Waals surface area contributed by atoms with E-state index in [1.807, 2.05) is 12.1 Å². The molecule has 0 aliphatic heterocycles. The number of nitrogens with one attached hydrogen (secondary N) is 1. The van der Waals surface area contributed by atoms with Crippen molar-refractivity contribution in [1.29, 1.82) is 0 Å². The van der Waals surface area contributed by atoms with E-state index >= 15 is 0 Å². The zero-order valence-corrected chi connectivity index (χ0v) is 14.2. The molecule has 2 aromatic carbocycles. The van der Waals surface area contributed by atoms with E-state index in [1.54, 1.807) is 12.1 Å². The number of thioether (sulfide) groups is 1. The monoisotopic (exact) mass is 359 g/mol. The van der Waals surface area contributed by atoms with Gasteiger partial charge in [0, 0.05) is 22.2 Å². The second-order valence-electron chi connectivity index (χ2n) is 4.61. The Morgan fingerprint density at radius 1 is 1.18 bits per heavy atom. The summed E-state index contributed by atoms with van der Waals surface area (Å²) in [5, 5.41) is 0.664. The molecule has 118 valence electrons. The molecule has 0 radical (unpaired) electrons. The van der Waals surface area contributed by atoms with Crippen LogP contribution in [0.15, 0.2) is 52.3 Å². The van der Waals surface area contributed by atoms with E-state index in [1.165, 1.54) is 30.8 Å². The summed E-state index contributed by atoms with van der Waals surface area (Å²) in [6.45, 7) is 1.82. The van der Waals surface area contributed by atoms with Gasteiger partial charge in [0.1, 0.15) is 5.82 Å². The zero-order valence-electron chi connectivity index (χ0n) is 11.8. The SMILES string of the molecule is Cc1cc(S(=O)(=O)NCCSc2ccc(Cl)cc2)ccc1F. The highest BCUT2D eigenvalue weighted by Crippen LogP contribution is 2.20. The fourth-order valence-electron chi connectivity index (χ4n) is 1.74. The molecule has 0 unspecified atom stereocenters. The van der Waals surface area contributed by atoms with Crippen LogP contribution in [-0.2, 0) is 10.0 Å². The molecule has 7 heteroatoms. The summed E-state index contributed by atoms with van der Waals surface area (Å²) < 4.78 is 39.9. The molecule has 2 rings (SSSR count). The quantitative estimate of drug-likeness (QED) is 0.629. The summed E-state index contributed by atoms with van der Waals surface area (Å²) in [4.78, 5) is 1.09. The number of hydrogen-bond donors (Lipinski definition) is 1. The molecular formula is C15H15ClFNO2S2. The Kier molecular flexibility index (Phi) is 5.86. The Hall–Kier alpha value is -1.08. The fourth-order valence-corrected chi connectivity index (χ4v) is 3.88. The molecule has 0 bridgehead atoms. The van der Waals surface area contributed by atoms with Gasteiger partial charge in [0.25, 0.3) is 0 Å². The summed E-state index contributed by atoms with van der Waals surface area (Å²) in [7, 11) is -3.61. The molecule has 1 N–H and O–H groups in total. The number of halogens is 2. The first-order chi connectivity index (χ1) is 10.4. The van der Waals surface area contributed by atoms with Gasteiger partial charge >= 0.3 is 0 Å². The minimum atomic E-state index is -3.61. The van der Waals surface area contributed by atoms with Crippen molar-refractivity contribution in [3.63, 3.8) is 0 Å². The van der Waals surface area contributed by atoms with Crippen molar-refractivity contribution in [2.24, 2.45) is 0 Å². The van der Waals surface area contributed by atoms with Gasteiger partial charge in [0.15, 0.2) is 0 Å². The predicted octanol–water partition coefficient (Wildman–Crippen LogP) is 3.86. The molecule has 3 nitrogen and oxygen atoms in total. The first-order valence-electron chi connectivity index (χ1n) is 6.53. The highest BCUT2D eigenvalue weighted by Gasteiger charge is 2.14. The van der Waals surface area contributed by atoms with Crippen LogP contribution < -0.4 is 4.72 Å². The van der Waals surface area contributed by atoms with Crippen molar-refractivity contribution in [3.05, 3.63) is 58.9 Å². The first kappa shape index (κ1) is 17.3. The van der Waals surface area contributed by atoms with E-state index in [0.717, 1.165) is 11.0 Å². The molecule has 0 aromatic heterocycles. The lowest BCUT2D eigenvalue weighted by Gasteiger charge is -2.08. The van der Waals surface area contributed by atoms with Crippen LogP contribution >= 0.6 is 23.4 Å². The maximum atomic E-state index is 13.2. The van der Waals surface area contributed by atoms with E-state index in [-0.39, 0.29) is 11.4 Å². The van der Waals surface area contributed by atoms with E-state index < -0.39 is 15.8 Å². The Labute approximate surface area is 138 Å². The molecule has 2 aromatic rings. The fraction of sp³-hybridized carbons (Fsp3) is 0.200. The molecule has 0 heterocycles. The van der Waals surface area contributed by atoms with Crippen LogP contribution in [0, 0.1) is 12.7 Å². The third-order valence-corrected chi connectivity index (χ3v) is 5.64. The average molecular weight is 360 g/mol. The maximum Gasteiger partial charge on any atom is 0.240 e. The van der Waals surface area contributed by atoms with E-state index in [2.05, 4.69) is 4.72 Å². The second-order valence-corrected chi connectivity index (χ2v) is 7.98. The molecule has 0 saturated carbocycles. The van der Waals surface area contributed by atoms with Crippen molar-refractivity contribution in [2.45, 2.75) is 16.7 Å². The average Bonchev–Trinajstić information content (AvgIpc) is 2.48. The third kappa shape index (κ3) is 4.71. The van der Waals surface area contributed by atoms with Gasteiger partial charge in [-0.1, -0.05) is 11.6 Å². The summed E-state index contributed by atoms with van der Waals surface area (Å²) in [6, 6.07) is 11.1. The Morgan fingerprint density at radius 3 is 2.50 bits per heavy atom. The summed E-state index contributed by atoms with van der Waals surface area (Å²) >= 11 is 7.32. The zero-order chi connectivity index (χ0) is 16.2. The molecule has 0 saturated heterocycles. The van der Waals surface area contributed by atoms with Crippen LogP contribution in [0.1, 0.15) is 5.56 Å². The van der Waals surface area contributed by atoms with Crippen LogP contribution in [0.3, 0.4) is 0 Å². The summed E-state index contributed by atoms with van der Waals surface area (Å²) in [5.74, 6) is 0.165. The molecule has 0 amide bonds. The van der Waals surface area contributed by atoms with Crippen molar-refractivity contribution in [2.75, 3.05) is 12.3 Å². The normalized spacial score (nSPS) is 11.6. The van der Waals surface area contributed by atoms with Crippen molar-refractivity contribution in [3.8, 4) is 0 Å². The third-order valence-electron chi connectivity index (χ3n) is 2.92. The van der Waals surface area contributed by atoms with Gasteiger partial charge in [-0.2, -0.15) is 0 Å². The van der Waals surface area contributed by atoms with Crippen molar-refractivity contribution >= 4 is 33.4 Å². The molecule has 0 aliphatic carbocycles. The molecule has 0 spiro atoms. The lowest BCUT2D eigenvalue weighted by molar-refractivity contribution is 0.582. The minimum absolute atomic E-state index is 0.0721. The van der Waals surface area contributed by atoms with E-state index in [9.17, 15) is 12.8 Å². The molecular weight excluding hydrogens is 345 g/mol. The first-order valence-corrected chi connectivity index (χ1v) is 9.37. The van der Waals surface area contributed by atoms with Crippen LogP contribution in [0.25, 0.3) is 0 Å².